The molecule has 1 aromatic heterocycles. The number of carbonyl (C=O) groups is 2. The quantitative estimate of drug-likeness (QED) is 0.542. The largest absolute Gasteiger partial charge is 0.487 e. The highest BCUT2D eigenvalue weighted by molar-refractivity contribution is 6.01. The molecule has 5 N–H and O–H groups in total. The molecule has 11 heteroatoms. The van der Waals surface area contributed by atoms with E-state index in [1.54, 1.807) is 4.57 Å². The smallest absolute Gasteiger partial charge is 0.257 e. The number of hydrogen-bond acceptors (Lipinski definition) is 7. The number of carbonyl (C=O) groups excluding carboxylic acids is 2. The zero-order valence-electron chi connectivity index (χ0n) is 18.8. The number of nitrogens with two attached hydrogens (primary N) is 2. The maximum atomic E-state index is 15.4. The van der Waals surface area contributed by atoms with Crippen molar-refractivity contribution >= 4 is 28.4 Å². The number of likely N-dealkylation sites (N-methyl/N-ethyl adjacent to an activating group) is 1. The predicted molar refractivity (Wildman–Crippen MR) is 122 cm³/mol. The van der Waals surface area contributed by atoms with E-state index in [0.717, 1.165) is 13.1 Å². The van der Waals surface area contributed by atoms with Crippen LogP contribution in [0.25, 0.3) is 10.9 Å². The van der Waals surface area contributed by atoms with Crippen molar-refractivity contribution in [2.24, 2.45) is 11.5 Å². The Kier molecular flexibility index (Phi) is 6.26. The SMILES string of the molecule is C[C@H]1COc2c(N3CCN(C)CC3)c(F)cc3c(=O)c(C(=O)N[C@@H](CCN)C(N)=O)cn1c23. The summed E-state index contributed by atoms with van der Waals surface area (Å²) in [4.78, 5) is 41.9. The fourth-order valence-corrected chi connectivity index (χ4v) is 4.39. The molecule has 2 atom stereocenters. The zero-order chi connectivity index (χ0) is 23.9. The maximum Gasteiger partial charge on any atom is 0.257 e. The van der Waals surface area contributed by atoms with Crippen LogP contribution in [0.4, 0.5) is 10.1 Å². The van der Waals surface area contributed by atoms with Gasteiger partial charge in [-0.3, -0.25) is 14.4 Å². The number of hydrogen-bond donors (Lipinski definition) is 3. The summed E-state index contributed by atoms with van der Waals surface area (Å²) in [6.45, 7) is 5.10. The number of primary amides is 1. The molecular weight excluding hydrogens is 431 g/mol. The normalized spacial score (nSPS) is 19.3. The molecule has 4 rings (SSSR count). The van der Waals surface area contributed by atoms with Gasteiger partial charge in [0.15, 0.2) is 11.6 Å². The molecule has 0 saturated carbocycles. The van der Waals surface area contributed by atoms with Crippen molar-refractivity contribution in [2.75, 3.05) is 51.3 Å². The van der Waals surface area contributed by atoms with Gasteiger partial charge in [-0.25, -0.2) is 4.39 Å². The first-order valence-electron chi connectivity index (χ1n) is 11.0. The summed E-state index contributed by atoms with van der Waals surface area (Å²) in [6.07, 6.45) is 1.59. The number of nitrogens with one attached hydrogen (secondary N) is 1. The Hall–Kier alpha value is -3.18. The van der Waals surface area contributed by atoms with Crippen LogP contribution in [0.15, 0.2) is 17.1 Å². The van der Waals surface area contributed by atoms with Crippen LogP contribution in [0.5, 0.6) is 5.75 Å². The van der Waals surface area contributed by atoms with Gasteiger partial charge in [0.05, 0.1) is 16.9 Å². The van der Waals surface area contributed by atoms with Gasteiger partial charge < -0.3 is 35.9 Å². The second kappa shape index (κ2) is 8.99. The lowest BCUT2D eigenvalue weighted by atomic mass is 10.0. The van der Waals surface area contributed by atoms with Crippen LogP contribution in [0, 0.1) is 5.82 Å². The molecule has 1 fully saturated rings. The summed E-state index contributed by atoms with van der Waals surface area (Å²) in [5, 5.41) is 2.53. The van der Waals surface area contributed by atoms with Gasteiger partial charge in [-0.1, -0.05) is 0 Å². The van der Waals surface area contributed by atoms with E-state index < -0.39 is 29.1 Å². The minimum atomic E-state index is -1.01. The highest BCUT2D eigenvalue weighted by atomic mass is 19.1. The Bertz CT molecular complexity index is 1160. The summed E-state index contributed by atoms with van der Waals surface area (Å²) in [7, 11) is 2.01. The second-order valence-corrected chi connectivity index (χ2v) is 8.67. The Morgan fingerprint density at radius 3 is 2.64 bits per heavy atom. The molecule has 0 bridgehead atoms. The van der Waals surface area contributed by atoms with Gasteiger partial charge in [-0.15, -0.1) is 0 Å². The summed E-state index contributed by atoms with van der Waals surface area (Å²) < 4.78 is 23.1. The number of piperazine rings is 1. The Morgan fingerprint density at radius 1 is 1.30 bits per heavy atom. The summed E-state index contributed by atoms with van der Waals surface area (Å²) in [5.74, 6) is -1.76. The maximum absolute atomic E-state index is 15.4. The van der Waals surface area contributed by atoms with Crippen LogP contribution in [0.3, 0.4) is 0 Å². The predicted octanol–water partition coefficient (Wildman–Crippen LogP) is -0.222. The van der Waals surface area contributed by atoms with Gasteiger partial charge in [0.1, 0.15) is 23.9 Å². The Labute approximate surface area is 190 Å². The van der Waals surface area contributed by atoms with Gasteiger partial charge in [-0.2, -0.15) is 0 Å². The van der Waals surface area contributed by atoms with Crippen LogP contribution in [0.2, 0.25) is 0 Å². The van der Waals surface area contributed by atoms with E-state index in [1.165, 1.54) is 12.3 Å². The third kappa shape index (κ3) is 4.13. The van der Waals surface area contributed by atoms with Crippen LogP contribution in [0.1, 0.15) is 29.7 Å². The number of ether oxygens (including phenoxy) is 1. The minimum absolute atomic E-state index is 0.0500. The van der Waals surface area contributed by atoms with Crippen molar-refractivity contribution in [1.82, 2.24) is 14.8 Å². The summed E-state index contributed by atoms with van der Waals surface area (Å²) in [5.41, 5.74) is 10.8. The standard InChI is InChI=1S/C22H29FN6O4/c1-12-11-33-20-17-13(9-15(23)18(20)28-7-5-27(2)6-8-28)19(30)14(10-29(12)17)22(32)26-16(3-4-24)21(25)31/h9-10,12,16H,3-8,11,24H2,1-2H3,(H2,25,31)(H,26,32)/t12-,16-/m0/s1. The molecule has 2 aliphatic rings. The number of rotatable bonds is 6. The molecule has 0 spiro atoms. The van der Waals surface area contributed by atoms with E-state index in [-0.39, 0.29) is 36.6 Å². The first-order chi connectivity index (χ1) is 15.7. The van der Waals surface area contributed by atoms with Crippen molar-refractivity contribution < 1.29 is 18.7 Å². The molecule has 2 amide bonds. The van der Waals surface area contributed by atoms with Gasteiger partial charge in [0.25, 0.3) is 5.91 Å². The van der Waals surface area contributed by atoms with E-state index in [4.69, 9.17) is 16.2 Å². The van der Waals surface area contributed by atoms with Gasteiger partial charge in [0.2, 0.25) is 11.3 Å². The molecule has 178 valence electrons. The average molecular weight is 461 g/mol. The fraction of sp³-hybridized carbons (Fsp3) is 0.500. The fourth-order valence-electron chi connectivity index (χ4n) is 4.39. The van der Waals surface area contributed by atoms with E-state index in [2.05, 4.69) is 10.2 Å². The number of anilines is 1. The average Bonchev–Trinajstić information content (AvgIpc) is 2.77. The van der Waals surface area contributed by atoms with Crippen LogP contribution < -0.4 is 31.8 Å². The van der Waals surface area contributed by atoms with E-state index in [9.17, 15) is 14.4 Å². The molecule has 2 aromatic rings. The molecule has 1 aromatic carbocycles. The van der Waals surface area contributed by atoms with Crippen LogP contribution in [-0.2, 0) is 4.79 Å². The number of aromatic nitrogens is 1. The Balaban J connectivity index is 1.84. The highest BCUT2D eigenvalue weighted by Gasteiger charge is 2.31. The lowest BCUT2D eigenvalue weighted by molar-refractivity contribution is -0.119. The number of halogens is 1. The van der Waals surface area contributed by atoms with Crippen molar-refractivity contribution in [3.8, 4) is 5.75 Å². The molecule has 1 saturated heterocycles. The molecular formula is C22H29FN6O4. The lowest BCUT2D eigenvalue weighted by Crippen LogP contribution is -2.47. The molecule has 0 radical (unpaired) electrons. The monoisotopic (exact) mass is 460 g/mol. The molecule has 2 aliphatic heterocycles. The van der Waals surface area contributed by atoms with Crippen LogP contribution >= 0.6 is 0 Å². The Morgan fingerprint density at radius 2 is 2.00 bits per heavy atom. The molecule has 33 heavy (non-hydrogen) atoms. The van der Waals surface area contributed by atoms with Gasteiger partial charge in [0, 0.05) is 32.4 Å². The molecule has 0 aliphatic carbocycles. The topological polar surface area (TPSA) is 136 Å². The van der Waals surface area contributed by atoms with Gasteiger partial charge >= 0.3 is 0 Å². The van der Waals surface area contributed by atoms with Crippen molar-refractivity contribution in [1.29, 1.82) is 0 Å². The third-order valence-electron chi connectivity index (χ3n) is 6.31. The highest BCUT2D eigenvalue weighted by Crippen LogP contribution is 2.42. The molecule has 0 unspecified atom stereocenters. The number of benzene rings is 1. The molecule has 10 nitrogen and oxygen atoms in total. The third-order valence-corrected chi connectivity index (χ3v) is 6.31. The number of pyridine rings is 1. The van der Waals surface area contributed by atoms with Crippen LogP contribution in [-0.4, -0.2) is 73.7 Å². The van der Waals surface area contributed by atoms with Crippen molar-refractivity contribution in [3.05, 3.63) is 33.9 Å². The first-order valence-corrected chi connectivity index (χ1v) is 11.0. The van der Waals surface area contributed by atoms with E-state index >= 15 is 4.39 Å². The van der Waals surface area contributed by atoms with Crippen molar-refractivity contribution in [3.63, 3.8) is 0 Å². The van der Waals surface area contributed by atoms with E-state index in [1.807, 2.05) is 18.9 Å². The second-order valence-electron chi connectivity index (χ2n) is 8.67. The van der Waals surface area contributed by atoms with E-state index in [0.29, 0.717) is 30.0 Å². The van der Waals surface area contributed by atoms with Gasteiger partial charge in [-0.05, 0) is 33.0 Å². The molecule has 3 heterocycles. The summed E-state index contributed by atoms with van der Waals surface area (Å²) >= 11 is 0. The minimum Gasteiger partial charge on any atom is -0.487 e. The number of nitrogens with zero attached hydrogens (tertiary/aromatic N) is 3. The lowest BCUT2D eigenvalue weighted by Gasteiger charge is -2.37. The number of amides is 2. The first kappa shape index (κ1) is 23.0. The van der Waals surface area contributed by atoms with Crippen molar-refractivity contribution in [2.45, 2.75) is 25.4 Å². The summed E-state index contributed by atoms with van der Waals surface area (Å²) in [6, 6.07) is -0.0323. The zero-order valence-corrected chi connectivity index (χ0v) is 18.8.